The van der Waals surface area contributed by atoms with Crippen LogP contribution in [0.5, 0.6) is 6.01 Å². The van der Waals surface area contributed by atoms with Gasteiger partial charge in [-0.3, -0.25) is 4.79 Å². The van der Waals surface area contributed by atoms with Crippen LogP contribution in [0.25, 0.3) is 32.8 Å². The van der Waals surface area contributed by atoms with Crippen molar-refractivity contribution in [3.05, 3.63) is 72.3 Å². The lowest BCUT2D eigenvalue weighted by atomic mass is 9.95. The number of hydrogen-bond acceptors (Lipinski definition) is 6. The first-order valence-electron chi connectivity index (χ1n) is 14.0. The molecule has 8 heteroatoms. The number of aromatic nitrogens is 2. The SMILES string of the molecule is C=CC(=O)N1CC[C@@H]2[C@H]1CN2c1nc(OC[C@@H]2CCCN2C)nc2cc(-c3cccc4cccc(Cl)c34)ccc12. The highest BCUT2D eigenvalue weighted by molar-refractivity contribution is 6.36. The number of carbonyl (C=O) groups is 1. The van der Waals surface area contributed by atoms with Gasteiger partial charge in [-0.1, -0.05) is 54.6 Å². The average molecular weight is 554 g/mol. The van der Waals surface area contributed by atoms with E-state index in [0.717, 1.165) is 76.1 Å². The maximum atomic E-state index is 12.4. The first kappa shape index (κ1) is 25.3. The molecule has 3 aliphatic rings. The standard InChI is InChI=1S/C32H32ClN5O2/c1-3-29(39)37-16-14-27-28(37)18-38(27)31-24-13-12-21(23-10-4-7-20-8-5-11-25(33)30(20)23)17-26(24)34-32(35-31)40-19-22-9-6-15-36(22)2/h3-5,7-8,10-13,17,22,27-28H,1,6,9,14-16,18-19H2,2H3/t22-,27+,28+/m0/s1. The number of anilines is 1. The van der Waals surface area contributed by atoms with Gasteiger partial charge >= 0.3 is 6.01 Å². The van der Waals surface area contributed by atoms with E-state index in [0.29, 0.717) is 18.7 Å². The van der Waals surface area contributed by atoms with Gasteiger partial charge in [0.05, 0.1) is 17.6 Å². The predicted molar refractivity (Wildman–Crippen MR) is 160 cm³/mol. The minimum absolute atomic E-state index is 0.00258. The highest BCUT2D eigenvalue weighted by Gasteiger charge is 2.49. The average Bonchev–Trinajstić information content (AvgIpc) is 3.52. The molecule has 0 bridgehead atoms. The lowest BCUT2D eigenvalue weighted by Gasteiger charge is -2.47. The van der Waals surface area contributed by atoms with Crippen molar-refractivity contribution < 1.29 is 9.53 Å². The van der Waals surface area contributed by atoms with Crippen LogP contribution in [0.1, 0.15) is 19.3 Å². The molecule has 4 aromatic rings. The number of carbonyl (C=O) groups excluding carboxylic acids is 1. The smallest absolute Gasteiger partial charge is 0.319 e. The number of ether oxygens (including phenoxy) is 1. The van der Waals surface area contributed by atoms with Crippen LogP contribution in [-0.4, -0.2) is 77.1 Å². The van der Waals surface area contributed by atoms with Gasteiger partial charge in [0.2, 0.25) is 5.91 Å². The van der Waals surface area contributed by atoms with Gasteiger partial charge in [-0.05, 0) is 73.6 Å². The Balaban J connectivity index is 1.29. The van der Waals surface area contributed by atoms with Crippen LogP contribution in [-0.2, 0) is 4.79 Å². The Morgan fingerprint density at radius 2 is 1.95 bits per heavy atom. The third kappa shape index (κ3) is 4.19. The molecule has 3 atom stereocenters. The number of hydrogen-bond donors (Lipinski definition) is 0. The van der Waals surface area contributed by atoms with Crippen molar-refractivity contribution in [2.24, 2.45) is 0 Å². The topological polar surface area (TPSA) is 61.8 Å². The van der Waals surface area contributed by atoms with Gasteiger partial charge in [-0.2, -0.15) is 9.97 Å². The number of likely N-dealkylation sites (N-methyl/N-ethyl adjacent to an activating group) is 1. The minimum Gasteiger partial charge on any atom is -0.462 e. The monoisotopic (exact) mass is 553 g/mol. The molecule has 0 unspecified atom stereocenters. The third-order valence-corrected chi connectivity index (χ3v) is 9.24. The van der Waals surface area contributed by atoms with E-state index in [-0.39, 0.29) is 18.0 Å². The van der Waals surface area contributed by atoms with Crippen molar-refractivity contribution in [2.75, 3.05) is 38.2 Å². The Hall–Kier alpha value is -3.68. The van der Waals surface area contributed by atoms with E-state index in [9.17, 15) is 4.79 Å². The fraction of sp³-hybridized carbons (Fsp3) is 0.344. The molecule has 0 aliphatic carbocycles. The highest BCUT2D eigenvalue weighted by Crippen LogP contribution is 2.41. The molecule has 0 N–H and O–H groups in total. The van der Waals surface area contributed by atoms with Crippen molar-refractivity contribution >= 4 is 45.0 Å². The van der Waals surface area contributed by atoms with Crippen molar-refractivity contribution in [3.63, 3.8) is 0 Å². The van der Waals surface area contributed by atoms with Crippen molar-refractivity contribution in [2.45, 2.75) is 37.4 Å². The molecule has 7 rings (SSSR count). The first-order chi connectivity index (χ1) is 19.5. The Kier molecular flexibility index (Phi) is 6.36. The Bertz CT molecular complexity index is 1640. The molecule has 7 nitrogen and oxygen atoms in total. The molecule has 0 spiro atoms. The van der Waals surface area contributed by atoms with E-state index in [1.165, 1.54) is 12.5 Å². The molecule has 3 saturated heterocycles. The van der Waals surface area contributed by atoms with Crippen molar-refractivity contribution in [1.82, 2.24) is 19.8 Å². The van der Waals surface area contributed by atoms with Gasteiger partial charge in [-0.25, -0.2) is 0 Å². The summed E-state index contributed by atoms with van der Waals surface area (Å²) in [5.74, 6) is 0.874. The molecular formula is C32H32ClN5O2. The number of nitrogens with zero attached hydrogens (tertiary/aromatic N) is 5. The number of fused-ring (bicyclic) bond motifs is 3. The van der Waals surface area contributed by atoms with Crippen molar-refractivity contribution in [3.8, 4) is 17.1 Å². The number of benzene rings is 3. The second-order valence-electron chi connectivity index (χ2n) is 11.1. The fourth-order valence-corrected chi connectivity index (χ4v) is 6.98. The zero-order valence-electron chi connectivity index (χ0n) is 22.6. The largest absolute Gasteiger partial charge is 0.462 e. The second kappa shape index (κ2) is 10.1. The van der Waals surface area contributed by atoms with Gasteiger partial charge in [-0.15, -0.1) is 0 Å². The van der Waals surface area contributed by atoms with Crippen molar-refractivity contribution in [1.29, 1.82) is 0 Å². The molecular weight excluding hydrogens is 522 g/mol. The maximum Gasteiger partial charge on any atom is 0.319 e. The fourth-order valence-electron chi connectivity index (χ4n) is 6.69. The van der Waals surface area contributed by atoms with Gasteiger partial charge in [0, 0.05) is 34.9 Å². The van der Waals surface area contributed by atoms with E-state index < -0.39 is 0 Å². The zero-order chi connectivity index (χ0) is 27.4. The Morgan fingerprint density at radius 1 is 1.10 bits per heavy atom. The summed E-state index contributed by atoms with van der Waals surface area (Å²) in [5.41, 5.74) is 2.95. The summed E-state index contributed by atoms with van der Waals surface area (Å²) in [6.07, 6.45) is 4.62. The zero-order valence-corrected chi connectivity index (χ0v) is 23.3. The van der Waals surface area contributed by atoms with E-state index >= 15 is 0 Å². The normalized spacial score (nSPS) is 22.5. The summed E-state index contributed by atoms with van der Waals surface area (Å²) in [4.78, 5) is 28.8. The summed E-state index contributed by atoms with van der Waals surface area (Å²) in [7, 11) is 2.14. The summed E-state index contributed by atoms with van der Waals surface area (Å²) < 4.78 is 6.26. The lowest BCUT2D eigenvalue weighted by Crippen LogP contribution is -2.63. The molecule has 40 heavy (non-hydrogen) atoms. The van der Waals surface area contributed by atoms with Gasteiger partial charge in [0.1, 0.15) is 12.4 Å². The minimum atomic E-state index is 0.00258. The molecule has 0 radical (unpaired) electrons. The Morgan fingerprint density at radius 3 is 2.75 bits per heavy atom. The Labute approximate surface area is 239 Å². The van der Waals surface area contributed by atoms with Crippen LogP contribution in [0.15, 0.2) is 67.3 Å². The molecule has 0 saturated carbocycles. The summed E-state index contributed by atoms with van der Waals surface area (Å²) in [6, 6.07) is 19.8. The number of likely N-dealkylation sites (tertiary alicyclic amines) is 2. The number of halogens is 1. The quantitative estimate of drug-likeness (QED) is 0.292. The van der Waals surface area contributed by atoms with E-state index in [1.54, 1.807) is 0 Å². The molecule has 1 amide bonds. The first-order valence-corrected chi connectivity index (χ1v) is 14.4. The lowest BCUT2D eigenvalue weighted by molar-refractivity contribution is -0.127. The second-order valence-corrected chi connectivity index (χ2v) is 11.5. The van der Waals surface area contributed by atoms with Gasteiger partial charge in [0.15, 0.2) is 0 Å². The van der Waals surface area contributed by atoms with Crippen LogP contribution in [0.3, 0.4) is 0 Å². The molecule has 4 heterocycles. The summed E-state index contributed by atoms with van der Waals surface area (Å²) in [6.45, 7) is 6.81. The van der Waals surface area contributed by atoms with Crippen LogP contribution in [0.2, 0.25) is 5.02 Å². The van der Waals surface area contributed by atoms with Crippen LogP contribution < -0.4 is 9.64 Å². The molecule has 204 valence electrons. The summed E-state index contributed by atoms with van der Waals surface area (Å²) in [5, 5.41) is 3.84. The number of rotatable bonds is 6. The van der Waals surface area contributed by atoms with Crippen LogP contribution in [0.4, 0.5) is 5.82 Å². The van der Waals surface area contributed by atoms with E-state index in [2.05, 4.69) is 65.9 Å². The predicted octanol–water partition coefficient (Wildman–Crippen LogP) is 5.55. The van der Waals surface area contributed by atoms with Gasteiger partial charge in [0.25, 0.3) is 0 Å². The van der Waals surface area contributed by atoms with Gasteiger partial charge < -0.3 is 19.4 Å². The highest BCUT2D eigenvalue weighted by atomic mass is 35.5. The third-order valence-electron chi connectivity index (χ3n) is 8.92. The molecule has 3 aliphatic heterocycles. The maximum absolute atomic E-state index is 12.4. The number of amides is 1. The molecule has 1 aromatic heterocycles. The van der Waals surface area contributed by atoms with Crippen LogP contribution in [0, 0.1) is 0 Å². The van der Waals surface area contributed by atoms with E-state index in [1.807, 2.05) is 17.0 Å². The van der Waals surface area contributed by atoms with E-state index in [4.69, 9.17) is 26.3 Å². The van der Waals surface area contributed by atoms with Crippen LogP contribution >= 0.6 is 11.6 Å². The summed E-state index contributed by atoms with van der Waals surface area (Å²) >= 11 is 6.67. The molecule has 3 aromatic carbocycles. The molecule has 3 fully saturated rings.